The zero-order chi connectivity index (χ0) is 7.68. The maximum absolute atomic E-state index is 10.7. The van der Waals surface area contributed by atoms with Gasteiger partial charge in [0, 0.05) is 11.6 Å². The Balaban J connectivity index is 0.000000720. The van der Waals surface area contributed by atoms with Gasteiger partial charge in [-0.3, -0.25) is 0 Å². The second kappa shape index (κ2) is 3.57. The summed E-state index contributed by atoms with van der Waals surface area (Å²) in [6, 6.07) is 7.53. The summed E-state index contributed by atoms with van der Waals surface area (Å²) in [7, 11) is 0. The Morgan fingerprint density at radius 3 is 2.92 bits per heavy atom. The first kappa shape index (κ1) is 9.05. The molecule has 1 aromatic carbocycles. The summed E-state index contributed by atoms with van der Waals surface area (Å²) < 4.78 is 0. The van der Waals surface area contributed by atoms with Gasteiger partial charge in [0.05, 0.1) is 5.52 Å². The normalized spacial score (nSPS) is 9.33. The Morgan fingerprint density at radius 2 is 2.08 bits per heavy atom. The van der Waals surface area contributed by atoms with Crippen molar-refractivity contribution < 1.29 is 20.3 Å². The van der Waals surface area contributed by atoms with Crippen molar-refractivity contribution in [2.24, 2.45) is 0 Å². The van der Waals surface area contributed by atoms with Crippen LogP contribution in [0.1, 0.15) is 1.43 Å². The topological polar surface area (TPSA) is 45.8 Å². The summed E-state index contributed by atoms with van der Waals surface area (Å²) in [5.74, 6) is 0. The molecule has 1 N–H and O–H groups in total. The van der Waals surface area contributed by atoms with E-state index in [1.54, 1.807) is 6.20 Å². The number of nitrogens with zero attached hydrogens (tertiary/aromatic N) is 1. The molecule has 0 aliphatic heterocycles. The van der Waals surface area contributed by atoms with Crippen LogP contribution in [0.15, 0.2) is 35.3 Å². The Bertz CT molecular complexity index is 443. The van der Waals surface area contributed by atoms with Crippen molar-refractivity contribution >= 4 is 10.9 Å². The molecular formula is C8H7LiN2O. The monoisotopic (exact) mass is 154 g/mol. The third-order valence-corrected chi connectivity index (χ3v) is 1.52. The van der Waals surface area contributed by atoms with E-state index in [-0.39, 0.29) is 26.0 Å². The second-order valence-electron chi connectivity index (χ2n) is 2.28. The minimum Gasteiger partial charge on any atom is -1.00 e. The van der Waals surface area contributed by atoms with Crippen LogP contribution in [0, 0.1) is 0 Å². The van der Waals surface area contributed by atoms with E-state index in [0.717, 1.165) is 10.9 Å². The molecule has 3 nitrogen and oxygen atoms in total. The number of hydrogen-bond acceptors (Lipinski definition) is 2. The molecule has 1 heterocycles. The predicted octanol–water partition coefficient (Wildman–Crippen LogP) is -1.96. The van der Waals surface area contributed by atoms with Crippen molar-refractivity contribution in [1.82, 2.24) is 9.97 Å². The number of aromatic amines is 1. The van der Waals surface area contributed by atoms with Gasteiger partial charge in [0.1, 0.15) is 0 Å². The summed E-state index contributed by atoms with van der Waals surface area (Å²) in [5, 5.41) is 0.951. The van der Waals surface area contributed by atoms with Crippen molar-refractivity contribution in [2.45, 2.75) is 0 Å². The number of nitrogens with one attached hydrogen (secondary N) is 1. The third kappa shape index (κ3) is 1.58. The average molecular weight is 154 g/mol. The fourth-order valence-corrected chi connectivity index (χ4v) is 0.999. The number of hydrogen-bond donors (Lipinski definition) is 1. The maximum atomic E-state index is 10.7. The van der Waals surface area contributed by atoms with E-state index in [4.69, 9.17) is 0 Å². The summed E-state index contributed by atoms with van der Waals surface area (Å²) in [6.07, 6.45) is 1.56. The van der Waals surface area contributed by atoms with Gasteiger partial charge < -0.3 is 6.41 Å². The van der Waals surface area contributed by atoms with Crippen molar-refractivity contribution in [3.8, 4) is 0 Å². The molecule has 2 rings (SSSR count). The van der Waals surface area contributed by atoms with Gasteiger partial charge in [0.25, 0.3) is 0 Å². The van der Waals surface area contributed by atoms with Crippen LogP contribution in [0.25, 0.3) is 10.9 Å². The molecule has 0 atom stereocenters. The van der Waals surface area contributed by atoms with Crippen LogP contribution >= 0.6 is 0 Å². The van der Waals surface area contributed by atoms with Gasteiger partial charge in [0.2, 0.25) is 0 Å². The van der Waals surface area contributed by atoms with Gasteiger partial charge in [-0.1, -0.05) is 18.2 Å². The maximum Gasteiger partial charge on any atom is 1.00 e. The minimum atomic E-state index is -0.302. The van der Waals surface area contributed by atoms with Crippen molar-refractivity contribution in [3.05, 3.63) is 40.9 Å². The molecule has 1 aromatic heterocycles. The molecular weight excluding hydrogens is 147 g/mol. The summed E-state index contributed by atoms with van der Waals surface area (Å²) in [4.78, 5) is 16.9. The molecule has 0 saturated carbocycles. The number of rotatable bonds is 0. The predicted molar refractivity (Wildman–Crippen MR) is 43.5 cm³/mol. The molecule has 0 saturated heterocycles. The van der Waals surface area contributed by atoms with E-state index >= 15 is 0 Å². The molecule has 0 amide bonds. The SMILES string of the molecule is O=c1ncc2ccccc2[nH]1.[H-].[Li+]. The Labute approximate surface area is 82.5 Å². The van der Waals surface area contributed by atoms with Crippen molar-refractivity contribution in [3.63, 3.8) is 0 Å². The number of fused-ring (bicyclic) bond motifs is 1. The Kier molecular flexibility index (Phi) is 2.69. The van der Waals surface area contributed by atoms with E-state index < -0.39 is 0 Å². The van der Waals surface area contributed by atoms with Gasteiger partial charge in [0.15, 0.2) is 0 Å². The number of aromatic nitrogens is 2. The van der Waals surface area contributed by atoms with E-state index in [9.17, 15) is 4.79 Å². The van der Waals surface area contributed by atoms with E-state index in [1.807, 2.05) is 24.3 Å². The molecule has 0 radical (unpaired) electrons. The number of benzene rings is 1. The molecule has 56 valence electrons. The Hall–Kier alpha value is -1.04. The minimum absolute atomic E-state index is 0. The second-order valence-corrected chi connectivity index (χ2v) is 2.28. The number of H-pyrrole nitrogens is 1. The molecule has 4 heteroatoms. The van der Waals surface area contributed by atoms with Crippen molar-refractivity contribution in [2.75, 3.05) is 0 Å². The first-order chi connectivity index (χ1) is 5.36. The third-order valence-electron chi connectivity index (χ3n) is 1.52. The van der Waals surface area contributed by atoms with Crippen LogP contribution < -0.4 is 24.6 Å². The zero-order valence-electron chi connectivity index (χ0n) is 7.74. The van der Waals surface area contributed by atoms with Crippen LogP contribution in [0.4, 0.5) is 0 Å². The quantitative estimate of drug-likeness (QED) is 0.448. The molecule has 0 spiro atoms. The first-order valence-corrected chi connectivity index (χ1v) is 3.30. The zero-order valence-corrected chi connectivity index (χ0v) is 6.74. The van der Waals surface area contributed by atoms with Gasteiger partial charge in [-0.2, -0.15) is 0 Å². The van der Waals surface area contributed by atoms with Gasteiger partial charge in [-0.25, -0.2) is 9.78 Å². The molecule has 2 aromatic rings. The molecule has 12 heavy (non-hydrogen) atoms. The molecule has 0 unspecified atom stereocenters. The summed E-state index contributed by atoms with van der Waals surface area (Å²) >= 11 is 0. The summed E-state index contributed by atoms with van der Waals surface area (Å²) in [5.41, 5.74) is 0.524. The molecule has 0 bridgehead atoms. The van der Waals surface area contributed by atoms with E-state index in [2.05, 4.69) is 9.97 Å². The number of para-hydroxylation sites is 1. The van der Waals surface area contributed by atoms with E-state index in [0.29, 0.717) is 0 Å². The first-order valence-electron chi connectivity index (χ1n) is 3.30. The van der Waals surface area contributed by atoms with E-state index in [1.165, 1.54) is 0 Å². The van der Waals surface area contributed by atoms with Crippen LogP contribution in [0.3, 0.4) is 0 Å². The fraction of sp³-hybridized carbons (Fsp3) is 0. The van der Waals surface area contributed by atoms with Gasteiger partial charge >= 0.3 is 24.6 Å². The largest absolute Gasteiger partial charge is 1.00 e. The standard InChI is InChI=1S/C8H6N2O.Li.H/c11-8-9-5-6-3-1-2-4-7(6)10-8;;/h1-5H,(H,9,10,11);;/q;+1;-1. The van der Waals surface area contributed by atoms with Crippen LogP contribution in [0.2, 0.25) is 0 Å². The van der Waals surface area contributed by atoms with Gasteiger partial charge in [-0.05, 0) is 6.07 Å². The van der Waals surface area contributed by atoms with Crippen molar-refractivity contribution in [1.29, 1.82) is 0 Å². The van der Waals surface area contributed by atoms with Gasteiger partial charge in [-0.15, -0.1) is 0 Å². The Morgan fingerprint density at radius 1 is 1.33 bits per heavy atom. The van der Waals surface area contributed by atoms with Crippen LogP contribution in [-0.2, 0) is 0 Å². The molecule has 0 aliphatic carbocycles. The van der Waals surface area contributed by atoms with Crippen LogP contribution in [0.5, 0.6) is 0 Å². The average Bonchev–Trinajstić information content (AvgIpc) is 2.04. The molecule has 0 aliphatic rings. The molecule has 0 fully saturated rings. The fourth-order valence-electron chi connectivity index (χ4n) is 0.999. The van der Waals surface area contributed by atoms with Crippen LogP contribution in [-0.4, -0.2) is 9.97 Å². The smallest absolute Gasteiger partial charge is 1.00 e. The summed E-state index contributed by atoms with van der Waals surface area (Å²) in [6.45, 7) is 0.